The second kappa shape index (κ2) is 14.4. The molecule has 0 atom stereocenters. The summed E-state index contributed by atoms with van der Waals surface area (Å²) >= 11 is 0. The van der Waals surface area contributed by atoms with Crippen molar-refractivity contribution in [3.63, 3.8) is 0 Å². The summed E-state index contributed by atoms with van der Waals surface area (Å²) in [5.41, 5.74) is 13.4. The minimum Gasteiger partial charge on any atom is -1.00 e. The predicted octanol–water partition coefficient (Wildman–Crippen LogP) is 3.78. The summed E-state index contributed by atoms with van der Waals surface area (Å²) in [6.45, 7) is 30.9. The summed E-state index contributed by atoms with van der Waals surface area (Å²) in [4.78, 5) is 0. The molecular weight excluding hydrogens is 658 g/mol. The zero-order chi connectivity index (χ0) is 26.1. The van der Waals surface area contributed by atoms with Gasteiger partial charge in [-0.05, 0) is 35.4 Å². The molecule has 0 nitrogen and oxygen atoms in total. The fourth-order valence-electron chi connectivity index (χ4n) is 4.90. The summed E-state index contributed by atoms with van der Waals surface area (Å²) < 4.78 is 0. The topological polar surface area (TPSA) is 0 Å². The maximum atomic E-state index is 3.69. The van der Waals surface area contributed by atoms with Gasteiger partial charge in [0.2, 0.25) is 0 Å². The van der Waals surface area contributed by atoms with Crippen molar-refractivity contribution in [3.05, 3.63) is 101 Å². The van der Waals surface area contributed by atoms with Crippen LogP contribution in [-0.2, 0) is 48.5 Å². The van der Waals surface area contributed by atoms with Gasteiger partial charge >= 0.3 is 25.8 Å². The van der Waals surface area contributed by atoms with E-state index in [0.29, 0.717) is 5.41 Å². The first-order chi connectivity index (χ1) is 15.6. The standard InChI is InChI=1S/C23H29.C9H13.C2H4.2ClH.Hf/c1-14-9-16-11-17-10-15(2)21(23(6,7)8)13-19(17)18(16)12-20(14)22(3,4)5;1-9(2,3)8-6-4-5-7-8;1-2;;;/h9,12-13H,11H2,1-8H3;4-7H,1-3H3;1-2H2;2*1H;/q2*-1;;;;+4/p-2. The van der Waals surface area contributed by atoms with Gasteiger partial charge < -0.3 is 24.8 Å². The van der Waals surface area contributed by atoms with Crippen LogP contribution >= 0.6 is 0 Å². The molecule has 0 aromatic heterocycles. The summed E-state index contributed by atoms with van der Waals surface area (Å²) in [5, 5.41) is 0. The zero-order valence-corrected chi connectivity index (χ0v) is 30.0. The van der Waals surface area contributed by atoms with Crippen LogP contribution in [0.1, 0.15) is 101 Å². The molecule has 0 N–H and O–H groups in total. The Bertz CT molecular complexity index is 1050. The minimum atomic E-state index is 0. The average molecular weight is 704 g/mol. The Kier molecular flexibility index (Phi) is 14.8. The van der Waals surface area contributed by atoms with Gasteiger partial charge in [0.15, 0.2) is 0 Å². The summed E-state index contributed by atoms with van der Waals surface area (Å²) in [7, 11) is 0. The normalized spacial score (nSPS) is 11.6. The van der Waals surface area contributed by atoms with E-state index >= 15 is 0 Å². The Labute approximate surface area is 259 Å². The van der Waals surface area contributed by atoms with Crippen molar-refractivity contribution in [1.82, 2.24) is 0 Å². The van der Waals surface area contributed by atoms with E-state index in [1.807, 2.05) is 0 Å². The van der Waals surface area contributed by atoms with Crippen LogP contribution in [0.4, 0.5) is 0 Å². The number of rotatable bonds is 0. The van der Waals surface area contributed by atoms with Gasteiger partial charge in [0.1, 0.15) is 0 Å². The van der Waals surface area contributed by atoms with E-state index in [1.165, 1.54) is 50.1 Å². The molecule has 0 heterocycles. The molecule has 0 radical (unpaired) electrons. The van der Waals surface area contributed by atoms with Crippen LogP contribution in [0.2, 0.25) is 0 Å². The molecule has 0 spiro atoms. The maximum absolute atomic E-state index is 3.69. The molecule has 0 aliphatic heterocycles. The third kappa shape index (κ3) is 9.29. The van der Waals surface area contributed by atoms with Crippen molar-refractivity contribution in [2.24, 2.45) is 0 Å². The number of benzene rings is 2. The predicted molar refractivity (Wildman–Crippen MR) is 152 cm³/mol. The first kappa shape index (κ1) is 38.1. The van der Waals surface area contributed by atoms with Gasteiger partial charge in [0.25, 0.3) is 0 Å². The Morgan fingerprint density at radius 1 is 0.757 bits per heavy atom. The molecule has 0 fully saturated rings. The maximum Gasteiger partial charge on any atom is 4.00 e. The molecule has 1 aliphatic carbocycles. The summed E-state index contributed by atoms with van der Waals surface area (Å²) in [6.07, 6.45) is 1.03. The molecule has 0 unspecified atom stereocenters. The van der Waals surface area contributed by atoms with Crippen LogP contribution in [0, 0.1) is 19.9 Å². The van der Waals surface area contributed by atoms with E-state index in [-0.39, 0.29) is 61.5 Å². The van der Waals surface area contributed by atoms with E-state index in [0.717, 1.165) is 6.42 Å². The second-order valence-electron chi connectivity index (χ2n) is 12.6. The fourth-order valence-corrected chi connectivity index (χ4v) is 4.90. The molecule has 0 saturated carbocycles. The van der Waals surface area contributed by atoms with Crippen LogP contribution in [0.3, 0.4) is 0 Å². The van der Waals surface area contributed by atoms with E-state index in [2.05, 4.69) is 138 Å². The smallest absolute Gasteiger partial charge is 1.00 e. The van der Waals surface area contributed by atoms with Crippen LogP contribution in [0.15, 0.2) is 55.6 Å². The Morgan fingerprint density at radius 2 is 1.27 bits per heavy atom. The molecular formula is C34H46Cl2Hf. The Hall–Kier alpha value is -1.02. The van der Waals surface area contributed by atoms with Gasteiger partial charge in [0, 0.05) is 0 Å². The fraction of sp³-hybridized carbons (Fsp3) is 0.441. The number of hydrogen-bond acceptors (Lipinski definition) is 0. The second-order valence-corrected chi connectivity index (χ2v) is 12.6. The Balaban J connectivity index is 0. The third-order valence-corrected chi connectivity index (χ3v) is 6.61. The van der Waals surface area contributed by atoms with E-state index in [1.54, 1.807) is 0 Å². The van der Waals surface area contributed by atoms with Gasteiger partial charge in [-0.3, -0.25) is 0 Å². The molecule has 1 aliphatic rings. The molecule has 0 saturated heterocycles. The minimum absolute atomic E-state index is 0. The monoisotopic (exact) mass is 704 g/mol. The SMILES string of the molecule is C=C.CC(C)(C)c1cc[cH-]c1.Cc1[c-]c2c(cc1C(C)(C)C)-c1cc(C(C)(C)C)c(C)cc1C2.[Cl-].[Cl-].[Hf+4]. The van der Waals surface area contributed by atoms with Crippen LogP contribution in [0.25, 0.3) is 11.1 Å². The number of halogens is 2. The quantitative estimate of drug-likeness (QED) is 0.149. The van der Waals surface area contributed by atoms with Crippen molar-refractivity contribution in [2.75, 3.05) is 0 Å². The molecule has 4 rings (SSSR count). The van der Waals surface area contributed by atoms with Crippen LogP contribution in [0.5, 0.6) is 0 Å². The van der Waals surface area contributed by atoms with Crippen molar-refractivity contribution < 1.29 is 50.7 Å². The number of fused-ring (bicyclic) bond motifs is 3. The molecule has 200 valence electrons. The molecule has 3 heteroatoms. The third-order valence-electron chi connectivity index (χ3n) is 6.61. The van der Waals surface area contributed by atoms with Gasteiger partial charge in [-0.2, -0.15) is 41.5 Å². The number of aryl methyl sites for hydroxylation is 2. The largest absolute Gasteiger partial charge is 4.00 e. The molecule has 0 bridgehead atoms. The van der Waals surface area contributed by atoms with Crippen molar-refractivity contribution in [1.29, 1.82) is 0 Å². The van der Waals surface area contributed by atoms with Gasteiger partial charge in [0.05, 0.1) is 0 Å². The first-order valence-electron chi connectivity index (χ1n) is 12.5. The summed E-state index contributed by atoms with van der Waals surface area (Å²) in [6, 6.07) is 19.4. The van der Waals surface area contributed by atoms with E-state index in [9.17, 15) is 0 Å². The molecule has 37 heavy (non-hydrogen) atoms. The molecule has 3 aromatic carbocycles. The molecule has 3 aromatic rings. The van der Waals surface area contributed by atoms with E-state index in [4.69, 9.17) is 0 Å². The van der Waals surface area contributed by atoms with Crippen molar-refractivity contribution in [3.8, 4) is 11.1 Å². The van der Waals surface area contributed by atoms with Crippen LogP contribution in [-0.4, -0.2) is 0 Å². The Morgan fingerprint density at radius 3 is 1.68 bits per heavy atom. The van der Waals surface area contributed by atoms with E-state index < -0.39 is 0 Å². The average Bonchev–Trinajstić information content (AvgIpc) is 3.34. The van der Waals surface area contributed by atoms with Crippen molar-refractivity contribution >= 4 is 0 Å². The number of hydrogen-bond donors (Lipinski definition) is 0. The van der Waals surface area contributed by atoms with Gasteiger partial charge in [-0.25, -0.2) is 6.07 Å². The van der Waals surface area contributed by atoms with Gasteiger partial charge in [-0.15, -0.1) is 29.8 Å². The van der Waals surface area contributed by atoms with Gasteiger partial charge in [-0.1, -0.05) is 97.8 Å². The summed E-state index contributed by atoms with van der Waals surface area (Å²) in [5.74, 6) is 0. The molecule has 0 amide bonds. The van der Waals surface area contributed by atoms with Crippen molar-refractivity contribution in [2.45, 2.75) is 98.8 Å². The first-order valence-corrected chi connectivity index (χ1v) is 12.5. The zero-order valence-electron chi connectivity index (χ0n) is 24.9. The van der Waals surface area contributed by atoms with Crippen LogP contribution < -0.4 is 24.8 Å².